The van der Waals surface area contributed by atoms with E-state index in [0.717, 1.165) is 19.4 Å². The Kier molecular flexibility index (Phi) is 12.0. The molecule has 0 amide bonds. The lowest BCUT2D eigenvalue weighted by Gasteiger charge is -2.34. The highest BCUT2D eigenvalue weighted by atomic mass is 16.4. The number of hydrogen-bond donors (Lipinski definition) is 5. The maximum atomic E-state index is 10.0. The van der Waals surface area contributed by atoms with Crippen molar-refractivity contribution >= 4 is 0 Å². The minimum absolute atomic E-state index is 0.284. The number of likely N-dealkylation sites (N-methyl/N-ethyl adjacent to an activating group) is 1. The lowest BCUT2D eigenvalue weighted by molar-refractivity contribution is -0.894. The molecule has 23 heavy (non-hydrogen) atoms. The molecule has 0 aromatic heterocycles. The maximum absolute atomic E-state index is 10.0. The molecule has 4 atom stereocenters. The van der Waals surface area contributed by atoms with E-state index in [0.29, 0.717) is 4.48 Å². The van der Waals surface area contributed by atoms with Gasteiger partial charge >= 0.3 is 0 Å². The lowest BCUT2D eigenvalue weighted by atomic mass is 10.0. The molecule has 0 spiro atoms. The van der Waals surface area contributed by atoms with E-state index in [4.69, 9.17) is 5.11 Å². The van der Waals surface area contributed by atoms with Gasteiger partial charge in [-0.05, 0) is 12.8 Å². The predicted octanol–water partition coefficient (Wildman–Crippen LogP) is 0.249. The first-order valence-electron chi connectivity index (χ1n) is 8.90. The van der Waals surface area contributed by atoms with Crippen LogP contribution in [0.2, 0.25) is 0 Å². The van der Waals surface area contributed by atoms with Gasteiger partial charge in [0.05, 0.1) is 27.2 Å². The second-order valence-corrected chi connectivity index (χ2v) is 7.26. The first-order valence-corrected chi connectivity index (χ1v) is 8.90. The van der Waals surface area contributed by atoms with Crippen LogP contribution < -0.4 is 0 Å². The van der Waals surface area contributed by atoms with Gasteiger partial charge in [-0.2, -0.15) is 0 Å². The van der Waals surface area contributed by atoms with Gasteiger partial charge < -0.3 is 30.0 Å². The summed E-state index contributed by atoms with van der Waals surface area (Å²) in [4.78, 5) is 0. The lowest BCUT2D eigenvalue weighted by Crippen LogP contribution is -2.54. The van der Waals surface area contributed by atoms with Crippen LogP contribution in [0.5, 0.6) is 0 Å². The normalized spacial score (nSPS) is 17.7. The molecule has 0 aromatic rings. The Morgan fingerprint density at radius 2 is 1.22 bits per heavy atom. The average Bonchev–Trinajstić information content (AvgIpc) is 2.51. The van der Waals surface area contributed by atoms with Crippen LogP contribution >= 0.6 is 0 Å². The minimum Gasteiger partial charge on any atom is -0.394 e. The van der Waals surface area contributed by atoms with Crippen molar-refractivity contribution in [2.24, 2.45) is 0 Å². The summed E-state index contributed by atoms with van der Waals surface area (Å²) in [5, 5.41) is 47.7. The van der Waals surface area contributed by atoms with E-state index in [9.17, 15) is 20.4 Å². The van der Waals surface area contributed by atoms with Gasteiger partial charge in [0.25, 0.3) is 0 Å². The smallest absolute Gasteiger partial charge is 0.131 e. The molecular formula is C17H38NO5+. The fraction of sp³-hybridized carbons (Fsp3) is 1.00. The molecule has 0 radical (unpaired) electrons. The van der Waals surface area contributed by atoms with E-state index in [1.54, 1.807) is 0 Å². The molecule has 6 nitrogen and oxygen atoms in total. The zero-order valence-corrected chi connectivity index (χ0v) is 15.1. The maximum Gasteiger partial charge on any atom is 0.131 e. The van der Waals surface area contributed by atoms with Gasteiger partial charge in [0.2, 0.25) is 0 Å². The number of unbranched alkanes of at least 4 members (excludes halogenated alkanes) is 6. The van der Waals surface area contributed by atoms with Crippen LogP contribution in [0.25, 0.3) is 0 Å². The molecule has 0 rings (SSSR count). The average molecular weight is 336 g/mol. The van der Waals surface area contributed by atoms with Gasteiger partial charge in [0.15, 0.2) is 0 Å². The third kappa shape index (κ3) is 10.3. The molecule has 6 heteroatoms. The van der Waals surface area contributed by atoms with Crippen LogP contribution in [-0.4, -0.2) is 88.2 Å². The molecule has 0 aliphatic rings. The number of aliphatic hydroxyl groups is 5. The molecule has 0 fully saturated rings. The fourth-order valence-electron chi connectivity index (χ4n) is 2.77. The van der Waals surface area contributed by atoms with Crippen molar-refractivity contribution in [2.75, 3.05) is 33.8 Å². The third-order valence-corrected chi connectivity index (χ3v) is 4.37. The van der Waals surface area contributed by atoms with Gasteiger partial charge in [0.1, 0.15) is 31.0 Å². The largest absolute Gasteiger partial charge is 0.394 e. The number of aliphatic hydroxyl groups excluding tert-OH is 5. The molecule has 0 unspecified atom stereocenters. The molecule has 0 aliphatic carbocycles. The van der Waals surface area contributed by atoms with Crippen molar-refractivity contribution in [3.8, 4) is 0 Å². The van der Waals surface area contributed by atoms with Gasteiger partial charge in [-0.25, -0.2) is 0 Å². The summed E-state index contributed by atoms with van der Waals surface area (Å²) in [7, 11) is 3.95. The molecule has 0 saturated heterocycles. The molecule has 0 saturated carbocycles. The molecule has 5 N–H and O–H groups in total. The van der Waals surface area contributed by atoms with E-state index >= 15 is 0 Å². The quantitative estimate of drug-likeness (QED) is 0.231. The number of nitrogens with zero attached hydrogens (tertiary/aromatic N) is 1. The van der Waals surface area contributed by atoms with Gasteiger partial charge in [-0.1, -0.05) is 39.0 Å². The summed E-state index contributed by atoms with van der Waals surface area (Å²) in [5.41, 5.74) is 0. The molecule has 0 aliphatic heterocycles. The van der Waals surface area contributed by atoms with Crippen LogP contribution in [-0.2, 0) is 0 Å². The highest BCUT2D eigenvalue weighted by molar-refractivity contribution is 4.80. The van der Waals surface area contributed by atoms with Crippen molar-refractivity contribution in [3.05, 3.63) is 0 Å². The zero-order chi connectivity index (χ0) is 17.9. The highest BCUT2D eigenvalue weighted by Crippen LogP contribution is 2.12. The van der Waals surface area contributed by atoms with Crippen molar-refractivity contribution in [1.82, 2.24) is 0 Å². The Morgan fingerprint density at radius 3 is 1.74 bits per heavy atom. The van der Waals surface area contributed by atoms with Crippen LogP contribution in [0, 0.1) is 0 Å². The van der Waals surface area contributed by atoms with Gasteiger partial charge in [-0.3, -0.25) is 0 Å². The first-order chi connectivity index (χ1) is 10.7. The first kappa shape index (κ1) is 22.8. The number of rotatable bonds is 14. The van der Waals surface area contributed by atoms with E-state index < -0.39 is 31.0 Å². The summed E-state index contributed by atoms with van der Waals surface area (Å²) in [6.45, 7) is 2.72. The van der Waals surface area contributed by atoms with Crippen molar-refractivity contribution in [2.45, 2.75) is 76.3 Å². The van der Waals surface area contributed by atoms with Crippen LogP contribution in [0.15, 0.2) is 0 Å². The summed E-state index contributed by atoms with van der Waals surface area (Å²) in [5.74, 6) is 0. The molecule has 0 aromatic carbocycles. The second-order valence-electron chi connectivity index (χ2n) is 7.26. The monoisotopic (exact) mass is 336 g/mol. The summed E-state index contributed by atoms with van der Waals surface area (Å²) in [6, 6.07) is 0. The SMILES string of the molecule is CCCCCCCCC[N+](C)(C)C[C@H](O)[C@H](O)[C@H](O)[C@H](O)CO. The second kappa shape index (κ2) is 12.2. The molecule has 0 heterocycles. The van der Waals surface area contributed by atoms with E-state index in [-0.39, 0.29) is 6.54 Å². The fourth-order valence-corrected chi connectivity index (χ4v) is 2.77. The Morgan fingerprint density at radius 1 is 0.739 bits per heavy atom. The third-order valence-electron chi connectivity index (χ3n) is 4.37. The number of quaternary nitrogens is 1. The summed E-state index contributed by atoms with van der Waals surface area (Å²) < 4.78 is 0.537. The topological polar surface area (TPSA) is 101 Å². The highest BCUT2D eigenvalue weighted by Gasteiger charge is 2.33. The molecule has 0 bridgehead atoms. The Hall–Kier alpha value is -0.240. The van der Waals surface area contributed by atoms with Crippen molar-refractivity contribution < 1.29 is 30.0 Å². The van der Waals surface area contributed by atoms with Gasteiger partial charge in [-0.15, -0.1) is 0 Å². The van der Waals surface area contributed by atoms with E-state index in [1.807, 2.05) is 14.1 Å². The molecular weight excluding hydrogens is 298 g/mol. The van der Waals surface area contributed by atoms with Crippen LogP contribution in [0.3, 0.4) is 0 Å². The predicted molar refractivity (Wildman–Crippen MR) is 90.9 cm³/mol. The van der Waals surface area contributed by atoms with E-state index in [2.05, 4.69) is 6.92 Å². The Balaban J connectivity index is 4.04. The number of hydrogen-bond acceptors (Lipinski definition) is 5. The summed E-state index contributed by atoms with van der Waals surface area (Å²) in [6.07, 6.45) is 2.96. The van der Waals surface area contributed by atoms with Crippen LogP contribution in [0.4, 0.5) is 0 Å². The van der Waals surface area contributed by atoms with Crippen LogP contribution in [0.1, 0.15) is 51.9 Å². The molecule has 140 valence electrons. The van der Waals surface area contributed by atoms with E-state index in [1.165, 1.54) is 32.1 Å². The zero-order valence-electron chi connectivity index (χ0n) is 15.1. The van der Waals surface area contributed by atoms with Gasteiger partial charge in [0, 0.05) is 0 Å². The van der Waals surface area contributed by atoms with Crippen molar-refractivity contribution in [3.63, 3.8) is 0 Å². The minimum atomic E-state index is -1.55. The summed E-state index contributed by atoms with van der Waals surface area (Å²) >= 11 is 0. The Bertz CT molecular complexity index is 288. The Labute approximate surface area is 141 Å². The standard InChI is InChI=1S/C17H38NO5/c1-4-5-6-7-8-9-10-11-18(2,3)12-14(20)16(22)17(23)15(21)13-19/h14-17,19-23H,4-13H2,1-3H3/q+1/t14-,15+,16-,17+/m0/s1. The van der Waals surface area contributed by atoms with Crippen molar-refractivity contribution in [1.29, 1.82) is 0 Å².